The predicted molar refractivity (Wildman–Crippen MR) is 77.4 cm³/mol. The average molecular weight is 297 g/mol. The molecule has 0 bridgehead atoms. The highest BCUT2D eigenvalue weighted by atomic mass is 16.6. The molecule has 0 atom stereocenters. The van der Waals surface area contributed by atoms with Gasteiger partial charge in [-0.2, -0.15) is 0 Å². The van der Waals surface area contributed by atoms with Crippen LogP contribution in [0.3, 0.4) is 0 Å². The van der Waals surface area contributed by atoms with Crippen molar-refractivity contribution in [2.45, 2.75) is 46.1 Å². The van der Waals surface area contributed by atoms with Crippen LogP contribution in [0.2, 0.25) is 0 Å². The van der Waals surface area contributed by atoms with Crippen molar-refractivity contribution in [1.29, 1.82) is 0 Å². The van der Waals surface area contributed by atoms with E-state index < -0.39 is 17.5 Å². The van der Waals surface area contributed by atoms with Gasteiger partial charge in [-0.15, -0.1) is 0 Å². The van der Waals surface area contributed by atoms with Crippen LogP contribution in [0.15, 0.2) is 0 Å². The largest absolute Gasteiger partial charge is 0.465 e. The number of aliphatic hydroxyl groups excluding tert-OH is 1. The minimum atomic E-state index is -0.620. The lowest BCUT2D eigenvalue weighted by Gasteiger charge is -2.19. The molecule has 0 spiro atoms. The first-order valence-electron chi connectivity index (χ1n) is 6.85. The van der Waals surface area contributed by atoms with Crippen LogP contribution in [0, 0.1) is 6.92 Å². The molecule has 2 N–H and O–H groups in total. The van der Waals surface area contributed by atoms with Crippen molar-refractivity contribution < 1.29 is 24.2 Å². The first-order valence-corrected chi connectivity index (χ1v) is 6.85. The molecule has 1 aromatic heterocycles. The van der Waals surface area contributed by atoms with E-state index in [2.05, 4.69) is 4.98 Å². The summed E-state index contributed by atoms with van der Waals surface area (Å²) in [7, 11) is 1.29. The zero-order valence-electron chi connectivity index (χ0n) is 13.2. The van der Waals surface area contributed by atoms with Crippen LogP contribution in [0.1, 0.15) is 59.3 Å². The second-order valence-electron chi connectivity index (χ2n) is 5.80. The second-order valence-corrected chi connectivity index (χ2v) is 5.80. The smallest absolute Gasteiger partial charge is 0.355 e. The van der Waals surface area contributed by atoms with E-state index in [9.17, 15) is 9.59 Å². The summed E-state index contributed by atoms with van der Waals surface area (Å²) in [6.07, 6.45) is 0.933. The molecule has 0 unspecified atom stereocenters. The Labute approximate surface area is 124 Å². The van der Waals surface area contributed by atoms with Crippen molar-refractivity contribution in [3.05, 3.63) is 22.5 Å². The number of carbonyl (C=O) groups excluding carboxylic acids is 2. The number of ether oxygens (including phenoxy) is 2. The quantitative estimate of drug-likeness (QED) is 0.811. The van der Waals surface area contributed by atoms with Crippen LogP contribution in [0.4, 0.5) is 0 Å². The second kappa shape index (κ2) is 6.76. The number of rotatable bonds is 5. The molecule has 118 valence electrons. The van der Waals surface area contributed by atoms with Gasteiger partial charge in [0.05, 0.1) is 12.7 Å². The van der Waals surface area contributed by atoms with E-state index in [0.717, 1.165) is 0 Å². The van der Waals surface area contributed by atoms with Gasteiger partial charge in [-0.1, -0.05) is 0 Å². The van der Waals surface area contributed by atoms with Crippen LogP contribution in [0.5, 0.6) is 0 Å². The van der Waals surface area contributed by atoms with Gasteiger partial charge in [-0.05, 0) is 46.1 Å². The average Bonchev–Trinajstić information content (AvgIpc) is 2.70. The van der Waals surface area contributed by atoms with E-state index >= 15 is 0 Å². The van der Waals surface area contributed by atoms with Gasteiger partial charge in [0.2, 0.25) is 0 Å². The van der Waals surface area contributed by atoms with Crippen molar-refractivity contribution in [3.63, 3.8) is 0 Å². The number of aromatic amines is 1. The van der Waals surface area contributed by atoms with E-state index in [1.165, 1.54) is 7.11 Å². The van der Waals surface area contributed by atoms with Crippen molar-refractivity contribution in [2.75, 3.05) is 13.7 Å². The molecule has 0 saturated heterocycles. The lowest BCUT2D eigenvalue weighted by molar-refractivity contribution is 0.00626. The molecule has 0 aromatic carbocycles. The fourth-order valence-corrected chi connectivity index (χ4v) is 2.01. The fourth-order valence-electron chi connectivity index (χ4n) is 2.01. The van der Waals surface area contributed by atoms with Gasteiger partial charge in [0.15, 0.2) is 0 Å². The van der Waals surface area contributed by atoms with Crippen LogP contribution in [0.25, 0.3) is 0 Å². The maximum absolute atomic E-state index is 12.2. The van der Waals surface area contributed by atoms with E-state index in [0.29, 0.717) is 29.7 Å². The standard InChI is InChI=1S/C15H23NO5/c1-9-11(13(18)20-5)10(7-6-8-17)16-12(9)14(19)21-15(2,3)4/h16-17H,6-8H2,1-5H3. The summed E-state index contributed by atoms with van der Waals surface area (Å²) in [5.41, 5.74) is 1.05. The molecule has 0 fully saturated rings. The van der Waals surface area contributed by atoms with E-state index in [1.807, 2.05) is 0 Å². The van der Waals surface area contributed by atoms with Crippen LogP contribution >= 0.6 is 0 Å². The molecule has 0 aliphatic rings. The number of aliphatic hydroxyl groups is 1. The maximum Gasteiger partial charge on any atom is 0.355 e. The topological polar surface area (TPSA) is 88.6 Å². The molecule has 6 nitrogen and oxygen atoms in total. The number of aromatic nitrogens is 1. The summed E-state index contributed by atoms with van der Waals surface area (Å²) in [6.45, 7) is 7.00. The molecule has 1 aromatic rings. The number of hydrogen-bond donors (Lipinski definition) is 2. The summed E-state index contributed by atoms with van der Waals surface area (Å²) in [6, 6.07) is 0. The Kier molecular flexibility index (Phi) is 5.54. The summed E-state index contributed by atoms with van der Waals surface area (Å²) < 4.78 is 10.1. The molecule has 0 radical (unpaired) electrons. The minimum Gasteiger partial charge on any atom is -0.465 e. The zero-order chi connectivity index (χ0) is 16.2. The summed E-state index contributed by atoms with van der Waals surface area (Å²) in [4.78, 5) is 27.0. The lowest BCUT2D eigenvalue weighted by atomic mass is 10.1. The maximum atomic E-state index is 12.2. The highest BCUT2D eigenvalue weighted by molar-refractivity contribution is 5.98. The fraction of sp³-hybridized carbons (Fsp3) is 0.600. The molecule has 0 aliphatic carbocycles. The Bertz CT molecular complexity index is 525. The molecule has 21 heavy (non-hydrogen) atoms. The van der Waals surface area contributed by atoms with Gasteiger partial charge in [-0.25, -0.2) is 9.59 Å². The monoisotopic (exact) mass is 297 g/mol. The Hall–Kier alpha value is -1.82. The first kappa shape index (κ1) is 17.2. The Morgan fingerprint density at radius 2 is 1.86 bits per heavy atom. The van der Waals surface area contributed by atoms with Crippen LogP contribution in [-0.2, 0) is 15.9 Å². The van der Waals surface area contributed by atoms with Crippen LogP contribution in [-0.4, -0.2) is 41.3 Å². The highest BCUT2D eigenvalue weighted by Gasteiger charge is 2.27. The molecule has 0 amide bonds. The van der Waals surface area contributed by atoms with Crippen molar-refractivity contribution in [2.24, 2.45) is 0 Å². The molecule has 6 heteroatoms. The van der Waals surface area contributed by atoms with E-state index in [1.54, 1.807) is 27.7 Å². The SMILES string of the molecule is COC(=O)c1c(CCCO)[nH]c(C(=O)OC(C)(C)C)c1C. The van der Waals surface area contributed by atoms with Gasteiger partial charge < -0.3 is 19.6 Å². The number of aryl methyl sites for hydroxylation is 1. The van der Waals surface area contributed by atoms with Gasteiger partial charge in [0, 0.05) is 12.3 Å². The van der Waals surface area contributed by atoms with Crippen molar-refractivity contribution >= 4 is 11.9 Å². The molecule has 0 saturated carbocycles. The minimum absolute atomic E-state index is 0.000448. The van der Waals surface area contributed by atoms with Gasteiger partial charge in [0.1, 0.15) is 11.3 Å². The molecular weight excluding hydrogens is 274 g/mol. The van der Waals surface area contributed by atoms with Gasteiger partial charge in [-0.3, -0.25) is 0 Å². The summed E-state index contributed by atoms with van der Waals surface area (Å²) in [5, 5.41) is 8.93. The van der Waals surface area contributed by atoms with Crippen molar-refractivity contribution in [1.82, 2.24) is 4.98 Å². The predicted octanol–water partition coefficient (Wildman–Crippen LogP) is 1.99. The normalized spacial score (nSPS) is 11.3. The Morgan fingerprint density at radius 3 is 2.33 bits per heavy atom. The van der Waals surface area contributed by atoms with E-state index in [4.69, 9.17) is 14.6 Å². The number of hydrogen-bond acceptors (Lipinski definition) is 5. The summed E-state index contributed by atoms with van der Waals surface area (Å²) in [5.74, 6) is -1.02. The number of nitrogens with one attached hydrogen (secondary N) is 1. The molecule has 1 heterocycles. The highest BCUT2D eigenvalue weighted by Crippen LogP contribution is 2.23. The van der Waals surface area contributed by atoms with Crippen molar-refractivity contribution in [3.8, 4) is 0 Å². The Balaban J connectivity index is 3.19. The third-order valence-corrected chi connectivity index (χ3v) is 2.91. The number of carbonyl (C=O) groups is 2. The Morgan fingerprint density at radius 1 is 1.24 bits per heavy atom. The van der Waals surface area contributed by atoms with Crippen LogP contribution < -0.4 is 0 Å². The number of H-pyrrole nitrogens is 1. The number of methoxy groups -OCH3 is 1. The molecule has 0 aliphatic heterocycles. The van der Waals surface area contributed by atoms with Gasteiger partial charge >= 0.3 is 11.9 Å². The lowest BCUT2D eigenvalue weighted by Crippen LogP contribution is -2.24. The molecular formula is C15H23NO5. The third-order valence-electron chi connectivity index (χ3n) is 2.91. The zero-order valence-corrected chi connectivity index (χ0v) is 13.2. The number of esters is 2. The molecule has 1 rings (SSSR count). The third kappa shape index (κ3) is 4.32. The first-order chi connectivity index (χ1) is 9.71. The summed E-state index contributed by atoms with van der Waals surface area (Å²) >= 11 is 0. The van der Waals surface area contributed by atoms with Gasteiger partial charge in [0.25, 0.3) is 0 Å². The van der Waals surface area contributed by atoms with E-state index in [-0.39, 0.29) is 12.3 Å².